The van der Waals surface area contributed by atoms with E-state index in [0.717, 1.165) is 18.7 Å². The van der Waals surface area contributed by atoms with Crippen LogP contribution in [0.2, 0.25) is 0 Å². The number of anilines is 1. The van der Waals surface area contributed by atoms with E-state index in [2.05, 4.69) is 24.2 Å². The highest BCUT2D eigenvalue weighted by atomic mass is 16.3. The Hall–Kier alpha value is -1.22. The minimum absolute atomic E-state index is 0.319. The van der Waals surface area contributed by atoms with Gasteiger partial charge in [0.2, 0.25) is 0 Å². The molecule has 1 aliphatic heterocycles. The fraction of sp³-hybridized carbons (Fsp3) is 0.500. The zero-order chi connectivity index (χ0) is 10.8. The number of likely N-dealkylation sites (tertiary alicyclic amines) is 1. The molecule has 0 aromatic heterocycles. The molecule has 1 fully saturated rings. The molecule has 15 heavy (non-hydrogen) atoms. The molecule has 2 unspecified atom stereocenters. The molecule has 1 aromatic carbocycles. The van der Waals surface area contributed by atoms with Gasteiger partial charge in [0.25, 0.3) is 0 Å². The molecule has 3 nitrogen and oxygen atoms in total. The summed E-state index contributed by atoms with van der Waals surface area (Å²) in [6, 6.07) is 8.44. The van der Waals surface area contributed by atoms with Gasteiger partial charge in [0.05, 0.1) is 0 Å². The average molecular weight is 206 g/mol. The van der Waals surface area contributed by atoms with Crippen molar-refractivity contribution in [2.24, 2.45) is 0 Å². The molecular weight excluding hydrogens is 188 g/mol. The van der Waals surface area contributed by atoms with E-state index in [9.17, 15) is 5.11 Å². The Morgan fingerprint density at radius 1 is 1.47 bits per heavy atom. The predicted molar refractivity (Wildman–Crippen MR) is 62.2 cm³/mol. The number of rotatable bonds is 2. The Kier molecular flexibility index (Phi) is 2.82. The monoisotopic (exact) mass is 206 g/mol. The highest BCUT2D eigenvalue weighted by Gasteiger charge is 2.25. The minimum atomic E-state index is 0.319. The van der Waals surface area contributed by atoms with Crippen molar-refractivity contribution < 1.29 is 5.11 Å². The topological polar surface area (TPSA) is 35.5 Å². The predicted octanol–water partition coefficient (Wildman–Crippen LogP) is 1.90. The van der Waals surface area contributed by atoms with Crippen molar-refractivity contribution in [3.8, 4) is 5.75 Å². The Bertz CT molecular complexity index is 330. The summed E-state index contributed by atoms with van der Waals surface area (Å²) in [7, 11) is 2.15. The van der Waals surface area contributed by atoms with Gasteiger partial charge in [0.1, 0.15) is 5.75 Å². The van der Waals surface area contributed by atoms with E-state index in [0.29, 0.717) is 17.8 Å². The average Bonchev–Trinajstić information content (AvgIpc) is 2.45. The lowest BCUT2D eigenvalue weighted by molar-refractivity contribution is 0.330. The van der Waals surface area contributed by atoms with Gasteiger partial charge in [0, 0.05) is 30.4 Å². The van der Waals surface area contributed by atoms with Gasteiger partial charge in [-0.2, -0.15) is 0 Å². The van der Waals surface area contributed by atoms with E-state index in [1.165, 1.54) is 0 Å². The first kappa shape index (κ1) is 10.3. The van der Waals surface area contributed by atoms with Crippen LogP contribution in [0.1, 0.15) is 13.3 Å². The number of benzene rings is 1. The first-order valence-corrected chi connectivity index (χ1v) is 5.41. The summed E-state index contributed by atoms with van der Waals surface area (Å²) < 4.78 is 0. The lowest BCUT2D eigenvalue weighted by atomic mass is 10.2. The number of nitrogens with zero attached hydrogens (tertiary/aromatic N) is 1. The van der Waals surface area contributed by atoms with Gasteiger partial charge in [0.15, 0.2) is 0 Å². The SMILES string of the molecule is CC1CC(Nc2cccc(O)c2)CN1C. The molecule has 0 aliphatic carbocycles. The molecular formula is C12H18N2O. The molecule has 2 atom stereocenters. The molecule has 2 rings (SSSR count). The standard InChI is InChI=1S/C12H18N2O/c1-9-6-11(8-14(9)2)13-10-4-3-5-12(15)7-10/h3-5,7,9,11,13,15H,6,8H2,1-2H3. The zero-order valence-electron chi connectivity index (χ0n) is 9.27. The highest BCUT2D eigenvalue weighted by molar-refractivity contribution is 5.48. The number of nitrogens with one attached hydrogen (secondary N) is 1. The van der Waals surface area contributed by atoms with Gasteiger partial charge in [-0.3, -0.25) is 0 Å². The van der Waals surface area contributed by atoms with Crippen molar-refractivity contribution in [3.05, 3.63) is 24.3 Å². The summed E-state index contributed by atoms with van der Waals surface area (Å²) in [5, 5.41) is 12.8. The van der Waals surface area contributed by atoms with E-state index in [4.69, 9.17) is 0 Å². The van der Waals surface area contributed by atoms with Gasteiger partial charge in [-0.15, -0.1) is 0 Å². The van der Waals surface area contributed by atoms with Crippen LogP contribution in [0.3, 0.4) is 0 Å². The van der Waals surface area contributed by atoms with Crippen LogP contribution >= 0.6 is 0 Å². The van der Waals surface area contributed by atoms with E-state index in [-0.39, 0.29) is 0 Å². The molecule has 0 bridgehead atoms. The number of phenols is 1. The molecule has 0 saturated carbocycles. The van der Waals surface area contributed by atoms with Crippen molar-refractivity contribution >= 4 is 5.69 Å². The van der Waals surface area contributed by atoms with E-state index < -0.39 is 0 Å². The van der Waals surface area contributed by atoms with Gasteiger partial charge in [-0.05, 0) is 32.5 Å². The molecule has 82 valence electrons. The molecule has 2 N–H and O–H groups in total. The molecule has 1 aliphatic rings. The second kappa shape index (κ2) is 4.11. The lowest BCUT2D eigenvalue weighted by Gasteiger charge is -2.14. The van der Waals surface area contributed by atoms with Crippen LogP contribution in [0, 0.1) is 0 Å². The molecule has 3 heteroatoms. The molecule has 1 saturated heterocycles. The highest BCUT2D eigenvalue weighted by Crippen LogP contribution is 2.21. The number of aromatic hydroxyl groups is 1. The van der Waals surface area contributed by atoms with E-state index in [1.54, 1.807) is 12.1 Å². The van der Waals surface area contributed by atoms with E-state index in [1.807, 2.05) is 12.1 Å². The second-order valence-electron chi connectivity index (χ2n) is 4.42. The summed E-state index contributed by atoms with van der Waals surface area (Å²) in [5.41, 5.74) is 1.00. The Labute approximate surface area is 90.7 Å². The third-order valence-corrected chi connectivity index (χ3v) is 3.10. The maximum Gasteiger partial charge on any atom is 0.117 e. The summed E-state index contributed by atoms with van der Waals surface area (Å²) in [6.07, 6.45) is 1.16. The van der Waals surface area contributed by atoms with Crippen LogP contribution in [0.15, 0.2) is 24.3 Å². The number of hydrogen-bond acceptors (Lipinski definition) is 3. The fourth-order valence-electron chi connectivity index (χ4n) is 2.13. The third kappa shape index (κ3) is 2.42. The van der Waals surface area contributed by atoms with Crippen molar-refractivity contribution in [2.45, 2.75) is 25.4 Å². The first-order valence-electron chi connectivity index (χ1n) is 5.41. The normalized spacial score (nSPS) is 26.8. The largest absolute Gasteiger partial charge is 0.508 e. The second-order valence-corrected chi connectivity index (χ2v) is 4.42. The molecule has 1 aromatic rings. The van der Waals surface area contributed by atoms with Gasteiger partial charge < -0.3 is 15.3 Å². The fourth-order valence-corrected chi connectivity index (χ4v) is 2.13. The molecule has 0 radical (unpaired) electrons. The lowest BCUT2D eigenvalue weighted by Crippen LogP contribution is -2.24. The van der Waals surface area contributed by atoms with Crippen molar-refractivity contribution in [2.75, 3.05) is 18.9 Å². The number of phenolic OH excluding ortho intramolecular Hbond substituents is 1. The van der Waals surface area contributed by atoms with Crippen molar-refractivity contribution in [3.63, 3.8) is 0 Å². The third-order valence-electron chi connectivity index (χ3n) is 3.10. The summed E-state index contributed by atoms with van der Waals surface area (Å²) in [6.45, 7) is 3.31. The van der Waals surface area contributed by atoms with E-state index >= 15 is 0 Å². The summed E-state index contributed by atoms with van der Waals surface area (Å²) >= 11 is 0. The Morgan fingerprint density at radius 2 is 2.27 bits per heavy atom. The number of likely N-dealkylation sites (N-methyl/N-ethyl adjacent to an activating group) is 1. The van der Waals surface area contributed by atoms with Crippen LogP contribution < -0.4 is 5.32 Å². The molecule has 0 amide bonds. The van der Waals surface area contributed by atoms with Gasteiger partial charge in [-0.1, -0.05) is 6.07 Å². The summed E-state index contributed by atoms with van der Waals surface area (Å²) in [5.74, 6) is 0.319. The van der Waals surface area contributed by atoms with Crippen LogP contribution in [-0.4, -0.2) is 35.7 Å². The Balaban J connectivity index is 1.98. The Morgan fingerprint density at radius 3 is 2.87 bits per heavy atom. The minimum Gasteiger partial charge on any atom is -0.508 e. The van der Waals surface area contributed by atoms with Crippen molar-refractivity contribution in [1.29, 1.82) is 0 Å². The van der Waals surface area contributed by atoms with Gasteiger partial charge in [-0.25, -0.2) is 0 Å². The number of hydrogen-bond donors (Lipinski definition) is 2. The maximum atomic E-state index is 9.34. The van der Waals surface area contributed by atoms with Crippen LogP contribution in [0.5, 0.6) is 5.75 Å². The van der Waals surface area contributed by atoms with Crippen LogP contribution in [0.25, 0.3) is 0 Å². The van der Waals surface area contributed by atoms with Crippen LogP contribution in [-0.2, 0) is 0 Å². The quantitative estimate of drug-likeness (QED) is 0.775. The van der Waals surface area contributed by atoms with Gasteiger partial charge >= 0.3 is 0 Å². The first-order chi connectivity index (χ1) is 7.15. The maximum absolute atomic E-state index is 9.34. The van der Waals surface area contributed by atoms with Crippen LogP contribution in [0.4, 0.5) is 5.69 Å². The molecule has 0 spiro atoms. The van der Waals surface area contributed by atoms with Crippen molar-refractivity contribution in [1.82, 2.24) is 4.90 Å². The summed E-state index contributed by atoms with van der Waals surface area (Å²) in [4.78, 5) is 2.35. The smallest absolute Gasteiger partial charge is 0.117 e. The zero-order valence-corrected chi connectivity index (χ0v) is 9.27. The molecule has 1 heterocycles.